The average Bonchev–Trinajstić information content (AvgIpc) is 4.19. The van der Waals surface area contributed by atoms with E-state index in [2.05, 4.69) is 26.6 Å². The second-order valence-electron chi connectivity index (χ2n) is 21.3. The van der Waals surface area contributed by atoms with Crippen LogP contribution in [0.3, 0.4) is 0 Å². The number of rotatable bonds is 33. The lowest BCUT2D eigenvalue weighted by molar-refractivity contribution is -0.143. The van der Waals surface area contributed by atoms with Gasteiger partial charge in [0.25, 0.3) is 11.8 Å². The Morgan fingerprint density at radius 1 is 0.738 bits per heavy atom. The monoisotopic (exact) mass is 1180 g/mol. The predicted molar refractivity (Wildman–Crippen MR) is 297 cm³/mol. The van der Waals surface area contributed by atoms with Crippen LogP contribution in [-0.4, -0.2) is 169 Å². The average molecular weight is 1180 g/mol. The molecule has 84 heavy (non-hydrogen) atoms. The van der Waals surface area contributed by atoms with Gasteiger partial charge in [0.2, 0.25) is 47.3 Å². The number of aliphatic carboxylic acids is 2. The second kappa shape index (κ2) is 31.5. The summed E-state index contributed by atoms with van der Waals surface area (Å²) in [5.74, 6) is -12.4. The van der Waals surface area contributed by atoms with Crippen LogP contribution in [-0.2, 0) is 64.1 Å². The highest BCUT2D eigenvalue weighted by Crippen LogP contribution is 2.41. The number of aliphatic hydroxyl groups is 1. The van der Waals surface area contributed by atoms with Gasteiger partial charge in [0.15, 0.2) is 0 Å². The third kappa shape index (κ3) is 20.2. The molecule has 0 radical (unpaired) electrons. The number of halogens is 2. The number of carbonyl (C=O) groups is 12. The molecule has 3 aromatic rings. The van der Waals surface area contributed by atoms with E-state index in [4.69, 9.17) is 10.8 Å². The van der Waals surface area contributed by atoms with Crippen molar-refractivity contribution in [2.75, 3.05) is 33.3 Å². The number of carbonyl (C=O) groups excluding carboxylic acids is 10. The number of aromatic nitrogens is 1. The van der Waals surface area contributed by atoms with E-state index in [0.717, 1.165) is 33.6 Å². The van der Waals surface area contributed by atoms with Crippen molar-refractivity contribution in [3.63, 3.8) is 0 Å². The van der Waals surface area contributed by atoms with Gasteiger partial charge >= 0.3 is 11.9 Å². The van der Waals surface area contributed by atoms with Gasteiger partial charge in [0.05, 0.1) is 12.5 Å². The largest absolute Gasteiger partial charge is 0.481 e. The van der Waals surface area contributed by atoms with Gasteiger partial charge in [-0.05, 0) is 74.8 Å². The van der Waals surface area contributed by atoms with Crippen molar-refractivity contribution < 1.29 is 81.6 Å². The summed E-state index contributed by atoms with van der Waals surface area (Å²) in [6, 6.07) is 4.84. The van der Waals surface area contributed by atoms with E-state index >= 15 is 4.39 Å². The number of benzene rings is 2. The molecule has 1 aromatic heterocycles. The molecule has 4 rings (SSSR count). The number of hydrogen-bond donors (Lipinski definition) is 9. The van der Waals surface area contributed by atoms with Crippen LogP contribution < -0.4 is 32.3 Å². The minimum absolute atomic E-state index is 0.00377. The lowest BCUT2D eigenvalue weighted by Gasteiger charge is -2.41. The first-order valence-electron chi connectivity index (χ1n) is 27.1. The highest BCUT2D eigenvalue weighted by Gasteiger charge is 2.39. The normalized spacial score (nSPS) is 14.3. The molecule has 27 heteroatoms. The second-order valence-corrected chi connectivity index (χ2v) is 21.3. The van der Waals surface area contributed by atoms with E-state index in [1.54, 1.807) is 55.8 Å². The Morgan fingerprint density at radius 2 is 1.38 bits per heavy atom. The van der Waals surface area contributed by atoms with E-state index in [1.807, 2.05) is 12.1 Å². The summed E-state index contributed by atoms with van der Waals surface area (Å²) in [4.78, 5) is 158. The van der Waals surface area contributed by atoms with Crippen LogP contribution in [0.4, 0.5) is 8.78 Å². The number of amides is 10. The number of nitrogens with two attached hydrogens (primary N) is 1. The number of aliphatic hydroxyl groups excluding tert-OH is 1. The first-order chi connectivity index (χ1) is 39.5. The van der Waals surface area contributed by atoms with E-state index in [1.165, 1.54) is 37.9 Å². The molecule has 0 saturated carbocycles. The third-order valence-corrected chi connectivity index (χ3v) is 13.7. The van der Waals surface area contributed by atoms with Gasteiger partial charge in [-0.15, -0.1) is 0 Å². The van der Waals surface area contributed by atoms with Crippen molar-refractivity contribution in [3.05, 3.63) is 95.8 Å². The van der Waals surface area contributed by atoms with Crippen LogP contribution in [0.2, 0.25) is 0 Å². The summed E-state index contributed by atoms with van der Waals surface area (Å²) >= 11 is 0. The molecule has 10 amide bonds. The van der Waals surface area contributed by atoms with Gasteiger partial charge in [0.1, 0.15) is 48.5 Å². The van der Waals surface area contributed by atoms with Gasteiger partial charge in [0, 0.05) is 87.7 Å². The lowest BCUT2D eigenvalue weighted by atomic mass is 9.82. The minimum atomic E-state index is -1.82. The standard InChI is InChI=1S/C57H74F2N10O15/c1-33(62-45(72)15-11-8-12-25-68-47(74)19-20-48(68)75)55(82)66(6)34(2)52(79)65-42(29-44(60)71)54(81)64-40(53(80)61-24-22-46(73)63-41(56(83)84)18-21-50(77)78)23-26-69(49(76)32-70)51(57(3,4)5)43-27-36(38-28-37(58)16-17-39(38)59)31-67(43)30-35-13-9-7-10-14-35/h7,9-10,13-14,16-17,19-20,27-28,31,33-34,40-42,51,70H,8,11-12,15,18,21-26,29-30,32H2,1-6H3,(H2,60,71)(H,61,80)(H,62,72)(H,63,73)(H,64,81)(H,65,79)(H,77,78)(H,83,84)/t33-,34-,40-,41+,42-,51-/m0/s1. The number of nitrogens with zero attached hydrogens (tertiary/aromatic N) is 4. The smallest absolute Gasteiger partial charge is 0.326 e. The number of primary amides is 1. The van der Waals surface area contributed by atoms with Crippen LogP contribution in [0.25, 0.3) is 11.1 Å². The fourth-order valence-corrected chi connectivity index (χ4v) is 9.26. The van der Waals surface area contributed by atoms with E-state index in [-0.39, 0.29) is 30.6 Å². The summed E-state index contributed by atoms with van der Waals surface area (Å²) < 4.78 is 31.8. The maximum atomic E-state index is 15.4. The Morgan fingerprint density at radius 3 is 1.99 bits per heavy atom. The Kier molecular flexibility index (Phi) is 25.4. The molecule has 10 N–H and O–H groups in total. The number of carboxylic acid groups (broad SMARTS) is 2. The summed E-state index contributed by atoms with van der Waals surface area (Å²) in [6.45, 7) is 6.27. The highest BCUT2D eigenvalue weighted by atomic mass is 19.1. The molecule has 0 fully saturated rings. The van der Waals surface area contributed by atoms with Crippen molar-refractivity contribution in [1.82, 2.24) is 45.9 Å². The molecule has 0 aliphatic carbocycles. The molecule has 25 nitrogen and oxygen atoms in total. The molecular weight excluding hydrogens is 1100 g/mol. The highest BCUT2D eigenvalue weighted by molar-refractivity contribution is 6.12. The van der Waals surface area contributed by atoms with Crippen molar-refractivity contribution in [1.29, 1.82) is 0 Å². The lowest BCUT2D eigenvalue weighted by Crippen LogP contribution is -2.58. The molecule has 456 valence electrons. The molecule has 0 unspecified atom stereocenters. The molecule has 2 aromatic carbocycles. The third-order valence-electron chi connectivity index (χ3n) is 13.7. The quantitative estimate of drug-likeness (QED) is 0.0308. The first kappa shape index (κ1) is 67.6. The maximum Gasteiger partial charge on any atom is 0.326 e. The SMILES string of the molecule is C[C@H](NC(=O)CCCCCN1C(=O)C=CC1=O)C(=O)N(C)[C@@H](C)C(=O)N[C@@H](CC(N)=O)C(=O)N[C@@H](CCN(C(=O)CO)[C@@H](c1cc(-c2cc(F)ccc2F)cn1Cc1ccccc1)C(C)(C)C)C(=O)NCCC(=O)N[C@H](CCC(=O)O)C(=O)O. The summed E-state index contributed by atoms with van der Waals surface area (Å²) in [6.07, 6.45) is 2.25. The fourth-order valence-electron chi connectivity index (χ4n) is 9.26. The van der Waals surface area contributed by atoms with Gasteiger partial charge in [-0.2, -0.15) is 0 Å². The molecule has 0 bridgehead atoms. The van der Waals surface area contributed by atoms with Crippen LogP contribution >= 0.6 is 0 Å². The van der Waals surface area contributed by atoms with Crippen LogP contribution in [0.5, 0.6) is 0 Å². The number of unbranched alkanes of at least 4 members (excludes halogenated alkanes) is 2. The van der Waals surface area contributed by atoms with Crippen molar-refractivity contribution in [2.45, 2.75) is 135 Å². The molecule has 1 aliphatic heterocycles. The number of carboxylic acids is 2. The summed E-state index contributed by atoms with van der Waals surface area (Å²) in [7, 11) is 1.25. The van der Waals surface area contributed by atoms with E-state index in [0.29, 0.717) is 25.0 Å². The van der Waals surface area contributed by atoms with E-state index in [9.17, 15) is 72.1 Å². The first-order valence-corrected chi connectivity index (χ1v) is 27.1. The number of likely N-dealkylation sites (N-methyl/N-ethyl adjacent to an activating group) is 1. The molecule has 0 spiro atoms. The van der Waals surface area contributed by atoms with Crippen molar-refractivity contribution in [3.8, 4) is 11.1 Å². The summed E-state index contributed by atoms with van der Waals surface area (Å²) in [5.41, 5.74) is 5.86. The number of imide groups is 1. The molecular formula is C57H74F2N10O15. The Hall–Kier alpha value is -8.88. The van der Waals surface area contributed by atoms with E-state index < -0.39 is 176 Å². The Bertz CT molecular complexity index is 2930. The zero-order valence-electron chi connectivity index (χ0n) is 47.7. The van der Waals surface area contributed by atoms with Crippen molar-refractivity contribution >= 4 is 71.0 Å². The van der Waals surface area contributed by atoms with Gasteiger partial charge < -0.3 is 62.0 Å². The Balaban J connectivity index is 1.61. The van der Waals surface area contributed by atoms with Crippen molar-refractivity contribution in [2.24, 2.45) is 11.1 Å². The van der Waals surface area contributed by atoms with Crippen LogP contribution in [0.15, 0.2) is 72.9 Å². The van der Waals surface area contributed by atoms with Crippen LogP contribution in [0, 0.1) is 17.0 Å². The minimum Gasteiger partial charge on any atom is -0.481 e. The zero-order valence-corrected chi connectivity index (χ0v) is 47.7. The Labute approximate surface area is 483 Å². The molecule has 1 aliphatic rings. The summed E-state index contributed by atoms with van der Waals surface area (Å²) in [5, 5.41) is 41.1. The van der Waals surface area contributed by atoms with Gasteiger partial charge in [-0.1, -0.05) is 57.5 Å². The number of nitrogens with one attached hydrogen (secondary N) is 5. The molecule has 6 atom stereocenters. The molecule has 2 heterocycles. The topological polar surface area (TPSA) is 366 Å². The maximum absolute atomic E-state index is 15.4. The van der Waals surface area contributed by atoms with Gasteiger partial charge in [-0.25, -0.2) is 13.6 Å². The fraction of sp³-hybridized carbons (Fsp3) is 0.474. The predicted octanol–water partition coefficient (Wildman–Crippen LogP) is 1.40. The van der Waals surface area contributed by atoms with Gasteiger partial charge in [-0.3, -0.25) is 57.6 Å². The zero-order chi connectivity index (χ0) is 62.6. The molecule has 0 saturated heterocycles. The van der Waals surface area contributed by atoms with Crippen LogP contribution in [0.1, 0.15) is 110 Å². The number of hydrogen-bond acceptors (Lipinski definition) is 13.